The molecule has 3 rings (SSSR count). The molecule has 0 amide bonds. The summed E-state index contributed by atoms with van der Waals surface area (Å²) in [6, 6.07) is 9.39. The van der Waals surface area contributed by atoms with E-state index >= 15 is 0 Å². The van der Waals surface area contributed by atoms with Gasteiger partial charge in [-0.3, -0.25) is 33.0 Å². The summed E-state index contributed by atoms with van der Waals surface area (Å²) in [5.41, 5.74) is 4.19. The smallest absolute Gasteiger partial charge is 0.405 e. The topological polar surface area (TPSA) is 201 Å². The fourth-order valence-electron chi connectivity index (χ4n) is 4.21. The van der Waals surface area contributed by atoms with Crippen LogP contribution in [0, 0.1) is 11.3 Å². The van der Waals surface area contributed by atoms with Crippen molar-refractivity contribution in [3.8, 4) is 0 Å². The molecule has 1 aliphatic rings. The van der Waals surface area contributed by atoms with Crippen molar-refractivity contribution in [1.82, 2.24) is 14.6 Å². The van der Waals surface area contributed by atoms with E-state index in [4.69, 9.17) is 35.9 Å². The van der Waals surface area contributed by atoms with E-state index in [2.05, 4.69) is 10.1 Å². The van der Waals surface area contributed by atoms with Crippen molar-refractivity contribution < 1.29 is 37.8 Å². The largest absolute Gasteiger partial charge is 0.463 e. The van der Waals surface area contributed by atoms with Gasteiger partial charge in [-0.1, -0.05) is 55.9 Å². The van der Waals surface area contributed by atoms with Crippen LogP contribution in [0.3, 0.4) is 0 Å². The molecule has 46 heavy (non-hydrogen) atoms. The second-order valence-electron chi connectivity index (χ2n) is 12.0. The first-order valence-corrected chi connectivity index (χ1v) is 17.5. The normalized spacial score (nSPS) is 23.6. The lowest BCUT2D eigenvalue weighted by atomic mass is 9.97. The number of hydrogen-bond donors (Lipinski definition) is 4. The number of benzene rings is 1. The molecule has 5 N–H and O–H groups in total. The number of ether oxygens (including phenoxy) is 2. The van der Waals surface area contributed by atoms with Crippen molar-refractivity contribution >= 4 is 42.2 Å². The number of nitrogens with zero attached hydrogens (tertiary/aromatic N) is 1. The maximum Gasteiger partial charge on any atom is 0.405 e. The SMILES string of the molecule is CC(C)[C@H](N)C(=O)OCC(C)(C)C(=O)SCCO[P@](=O)(NCc1ccccc1)OC[C@H]1O[C@@H](n2ccc(=O)[nH]c2=O)[C@](C)(Cl)C1O. The summed E-state index contributed by atoms with van der Waals surface area (Å²) in [4.78, 5) is 49.5. The van der Waals surface area contributed by atoms with Gasteiger partial charge < -0.3 is 20.3 Å². The molecule has 0 radical (unpaired) electrons. The number of aromatic nitrogens is 2. The van der Waals surface area contributed by atoms with Crippen LogP contribution in [0.5, 0.6) is 0 Å². The van der Waals surface area contributed by atoms with Gasteiger partial charge in [-0.25, -0.2) is 14.4 Å². The number of carbonyl (C=O) groups excluding carboxylic acids is 2. The first-order chi connectivity index (χ1) is 21.5. The molecule has 1 saturated heterocycles. The second-order valence-corrected chi connectivity index (χ2v) is 15.7. The zero-order valence-electron chi connectivity index (χ0n) is 26.3. The molecule has 0 bridgehead atoms. The summed E-state index contributed by atoms with van der Waals surface area (Å²) in [5.74, 6) is -0.604. The maximum atomic E-state index is 13.8. The molecule has 14 nitrogen and oxygen atoms in total. The van der Waals surface area contributed by atoms with Gasteiger partial charge in [-0.2, -0.15) is 0 Å². The molecule has 2 heterocycles. The maximum absolute atomic E-state index is 13.8. The Bertz CT molecular complexity index is 1500. The lowest BCUT2D eigenvalue weighted by molar-refractivity contribution is -0.150. The number of aliphatic hydroxyl groups excluding tert-OH is 1. The van der Waals surface area contributed by atoms with E-state index in [1.807, 2.05) is 30.3 Å². The van der Waals surface area contributed by atoms with E-state index in [-0.39, 0.29) is 36.5 Å². The van der Waals surface area contributed by atoms with Crippen molar-refractivity contribution in [3.05, 3.63) is 69.0 Å². The Balaban J connectivity index is 1.63. The molecular weight excluding hydrogens is 663 g/mol. The summed E-state index contributed by atoms with van der Waals surface area (Å²) < 4.78 is 37.3. The molecule has 2 aromatic rings. The Morgan fingerprint density at radius 2 is 1.91 bits per heavy atom. The fraction of sp³-hybridized carbons (Fsp3) is 0.586. The van der Waals surface area contributed by atoms with E-state index in [0.29, 0.717) is 0 Å². The number of aromatic amines is 1. The number of aliphatic hydroxyl groups is 1. The van der Waals surface area contributed by atoms with Crippen LogP contribution in [0.1, 0.15) is 46.4 Å². The van der Waals surface area contributed by atoms with Gasteiger partial charge in [-0.15, -0.1) is 11.6 Å². The molecule has 0 spiro atoms. The third-order valence-corrected chi connectivity index (χ3v) is 10.4. The Morgan fingerprint density at radius 1 is 1.24 bits per heavy atom. The molecule has 6 atom stereocenters. The molecule has 1 aromatic carbocycles. The zero-order chi connectivity index (χ0) is 34.3. The second kappa shape index (κ2) is 16.2. The van der Waals surface area contributed by atoms with Crippen LogP contribution in [-0.2, 0) is 39.2 Å². The lowest BCUT2D eigenvalue weighted by Gasteiger charge is -2.26. The van der Waals surface area contributed by atoms with Gasteiger partial charge in [0, 0.05) is 24.6 Å². The van der Waals surface area contributed by atoms with E-state index < -0.39 is 66.3 Å². The van der Waals surface area contributed by atoms with Crippen molar-refractivity contribution in [1.29, 1.82) is 0 Å². The standard InChI is InChI=1S/C29H42ClN4O10PS/c1-18(2)22(31)24(37)41-17-28(3,4)26(38)46-14-13-42-45(40,32-15-19-9-7-6-8-10-19)43-16-20-23(36)29(5,30)25(44-20)34-12-11-21(35)33-27(34)39/h6-12,18,20,22-23,25,36H,13-17,31H2,1-5H3,(H,32,40)(H,33,35,39)/t20-,22+,23?,25-,29-,45-/m1/s1. The number of rotatable bonds is 16. The number of hydrogen-bond acceptors (Lipinski definition) is 12. The number of alkyl halides is 1. The van der Waals surface area contributed by atoms with E-state index in [9.17, 15) is 28.8 Å². The summed E-state index contributed by atoms with van der Waals surface area (Å²) in [6.07, 6.45) is -2.50. The third kappa shape index (κ3) is 10.1. The van der Waals surface area contributed by atoms with Gasteiger partial charge in [0.1, 0.15) is 29.7 Å². The fourth-order valence-corrected chi connectivity index (χ4v) is 6.74. The summed E-state index contributed by atoms with van der Waals surface area (Å²) in [6.45, 7) is 7.66. The quantitative estimate of drug-likeness (QED) is 0.0861. The number of halogens is 1. The van der Waals surface area contributed by atoms with Gasteiger partial charge in [0.05, 0.1) is 18.6 Å². The van der Waals surface area contributed by atoms with Crippen molar-refractivity contribution in [2.75, 3.05) is 25.6 Å². The predicted molar refractivity (Wildman–Crippen MR) is 173 cm³/mol. The highest BCUT2D eigenvalue weighted by Crippen LogP contribution is 2.47. The highest BCUT2D eigenvalue weighted by Gasteiger charge is 2.54. The first-order valence-electron chi connectivity index (χ1n) is 14.6. The number of H-pyrrole nitrogens is 1. The molecule has 0 saturated carbocycles. The van der Waals surface area contributed by atoms with Crippen molar-refractivity contribution in [2.45, 2.75) is 70.5 Å². The average Bonchev–Trinajstić information content (AvgIpc) is 3.23. The number of nitrogens with two attached hydrogens (primary N) is 1. The van der Waals surface area contributed by atoms with Crippen LogP contribution in [0.15, 0.2) is 52.2 Å². The number of carbonyl (C=O) groups is 2. The van der Waals surface area contributed by atoms with Crippen LogP contribution in [-0.4, -0.2) is 74.4 Å². The monoisotopic (exact) mass is 704 g/mol. The van der Waals surface area contributed by atoms with Crippen LogP contribution in [0.25, 0.3) is 0 Å². The van der Waals surface area contributed by atoms with Crippen LogP contribution >= 0.6 is 31.1 Å². The molecule has 0 aliphatic carbocycles. The zero-order valence-corrected chi connectivity index (χ0v) is 28.8. The van der Waals surface area contributed by atoms with Crippen LogP contribution in [0.2, 0.25) is 0 Å². The summed E-state index contributed by atoms with van der Waals surface area (Å²) in [5, 5.41) is 13.4. The molecule has 256 valence electrons. The number of thioether (sulfide) groups is 1. The van der Waals surface area contributed by atoms with E-state index in [0.717, 1.165) is 28.0 Å². The number of esters is 1. The minimum atomic E-state index is -4.07. The Kier molecular flexibility index (Phi) is 13.4. The van der Waals surface area contributed by atoms with Crippen molar-refractivity contribution in [2.24, 2.45) is 17.1 Å². The van der Waals surface area contributed by atoms with Gasteiger partial charge in [0.15, 0.2) is 11.3 Å². The van der Waals surface area contributed by atoms with Crippen LogP contribution < -0.4 is 22.1 Å². The average molecular weight is 705 g/mol. The Morgan fingerprint density at radius 3 is 2.54 bits per heavy atom. The lowest BCUT2D eigenvalue weighted by Crippen LogP contribution is -2.43. The molecule has 17 heteroatoms. The third-order valence-electron chi connectivity index (χ3n) is 7.25. The first kappa shape index (κ1) is 38.1. The number of nitrogens with one attached hydrogen (secondary N) is 2. The van der Waals surface area contributed by atoms with E-state index in [1.165, 1.54) is 13.1 Å². The predicted octanol–water partition coefficient (Wildman–Crippen LogP) is 2.54. The minimum absolute atomic E-state index is 0.0988. The van der Waals surface area contributed by atoms with E-state index in [1.54, 1.807) is 27.7 Å². The highest BCUT2D eigenvalue weighted by atomic mass is 35.5. The summed E-state index contributed by atoms with van der Waals surface area (Å²) >= 11 is 7.51. The van der Waals surface area contributed by atoms with Crippen LogP contribution in [0.4, 0.5) is 0 Å². The van der Waals surface area contributed by atoms with Gasteiger partial charge in [-0.05, 0) is 32.3 Å². The van der Waals surface area contributed by atoms with Crippen molar-refractivity contribution in [3.63, 3.8) is 0 Å². The Hall–Kier alpha value is -2.33. The molecular formula is C29H42ClN4O10PS. The van der Waals surface area contributed by atoms with Gasteiger partial charge in [0.25, 0.3) is 5.56 Å². The molecule has 1 unspecified atom stereocenters. The molecule has 1 fully saturated rings. The minimum Gasteiger partial charge on any atom is -0.463 e. The molecule has 1 aromatic heterocycles. The Labute approximate surface area is 276 Å². The van der Waals surface area contributed by atoms with Gasteiger partial charge in [0.2, 0.25) is 0 Å². The highest BCUT2D eigenvalue weighted by molar-refractivity contribution is 8.13. The summed E-state index contributed by atoms with van der Waals surface area (Å²) in [7, 11) is -4.07. The molecule has 1 aliphatic heterocycles. The van der Waals surface area contributed by atoms with Gasteiger partial charge >= 0.3 is 19.4 Å².